The summed E-state index contributed by atoms with van der Waals surface area (Å²) >= 11 is 13.9. The highest BCUT2D eigenvalue weighted by atomic mass is 35.5. The number of hydrogen-bond acceptors (Lipinski definition) is 5. The number of nitrogens with zero attached hydrogens (tertiary/aromatic N) is 1. The molecule has 0 heterocycles. The van der Waals surface area contributed by atoms with E-state index >= 15 is 0 Å². The fraction of sp³-hybridized carbons (Fsp3) is 0.208. The van der Waals surface area contributed by atoms with Crippen LogP contribution in [0.1, 0.15) is 5.56 Å². The maximum Gasteiger partial charge on any atom is 0.240 e. The quantitative estimate of drug-likeness (QED) is 0.321. The number of sulfonamides is 1. The average molecular weight is 540 g/mol. The summed E-state index contributed by atoms with van der Waals surface area (Å²) < 4.78 is 32.0. The van der Waals surface area contributed by atoms with E-state index in [1.807, 2.05) is 18.2 Å². The Labute approximate surface area is 214 Å². The highest BCUT2D eigenvalue weighted by Gasteiger charge is 2.24. The summed E-state index contributed by atoms with van der Waals surface area (Å²) in [5.74, 6) is 1.69. The van der Waals surface area contributed by atoms with Crippen LogP contribution in [0.2, 0.25) is 10.0 Å². The summed E-state index contributed by atoms with van der Waals surface area (Å²) in [7, 11) is -3.75. The number of ether oxygens (including phenoxy) is 1. The molecule has 1 amide bonds. The predicted octanol–water partition coefficient (Wildman–Crippen LogP) is 5.60. The van der Waals surface area contributed by atoms with Gasteiger partial charge in [-0.2, -0.15) is 11.8 Å². The van der Waals surface area contributed by atoms with Crippen molar-refractivity contribution in [3.8, 4) is 11.5 Å². The van der Waals surface area contributed by atoms with Crippen molar-refractivity contribution in [1.82, 2.24) is 5.32 Å². The minimum Gasteiger partial charge on any atom is -0.455 e. The first kappa shape index (κ1) is 26.2. The van der Waals surface area contributed by atoms with Gasteiger partial charge in [0.05, 0.1) is 11.9 Å². The van der Waals surface area contributed by atoms with Crippen molar-refractivity contribution in [3.05, 3.63) is 88.4 Å². The van der Waals surface area contributed by atoms with E-state index in [1.165, 1.54) is 0 Å². The molecular weight excluding hydrogens is 515 g/mol. The molecule has 0 aliphatic heterocycles. The van der Waals surface area contributed by atoms with Gasteiger partial charge in [0.25, 0.3) is 0 Å². The molecule has 0 saturated heterocycles. The fourth-order valence-electron chi connectivity index (χ4n) is 3.04. The Morgan fingerprint density at radius 2 is 1.62 bits per heavy atom. The van der Waals surface area contributed by atoms with E-state index in [2.05, 4.69) is 5.32 Å². The Morgan fingerprint density at radius 3 is 2.29 bits per heavy atom. The van der Waals surface area contributed by atoms with E-state index in [0.29, 0.717) is 39.6 Å². The van der Waals surface area contributed by atoms with Crippen LogP contribution in [0.25, 0.3) is 0 Å². The fourth-order valence-corrected chi connectivity index (χ4v) is 5.49. The van der Waals surface area contributed by atoms with E-state index in [1.54, 1.807) is 66.4 Å². The number of benzene rings is 3. The molecule has 0 aliphatic rings. The van der Waals surface area contributed by atoms with Gasteiger partial charge in [0, 0.05) is 28.1 Å². The van der Waals surface area contributed by atoms with Crippen molar-refractivity contribution in [2.75, 3.05) is 29.4 Å². The van der Waals surface area contributed by atoms with Gasteiger partial charge < -0.3 is 10.1 Å². The van der Waals surface area contributed by atoms with Crippen LogP contribution in [0.15, 0.2) is 72.8 Å². The van der Waals surface area contributed by atoms with Crippen molar-refractivity contribution in [2.24, 2.45) is 0 Å². The average Bonchev–Trinajstić information content (AvgIpc) is 2.79. The number of nitrogens with one attached hydrogen (secondary N) is 1. The highest BCUT2D eigenvalue weighted by Crippen LogP contribution is 2.33. The number of rotatable bonds is 11. The van der Waals surface area contributed by atoms with Crippen molar-refractivity contribution < 1.29 is 17.9 Å². The lowest BCUT2D eigenvalue weighted by Crippen LogP contribution is -2.41. The van der Waals surface area contributed by atoms with Gasteiger partial charge in [-0.15, -0.1) is 0 Å². The Hall–Kier alpha value is -2.39. The monoisotopic (exact) mass is 538 g/mol. The molecule has 0 spiro atoms. The lowest BCUT2D eigenvalue weighted by molar-refractivity contribution is -0.119. The lowest BCUT2D eigenvalue weighted by Gasteiger charge is -2.24. The van der Waals surface area contributed by atoms with Crippen LogP contribution in [0.3, 0.4) is 0 Å². The predicted molar refractivity (Wildman–Crippen MR) is 141 cm³/mol. The summed E-state index contributed by atoms with van der Waals surface area (Å²) in [4.78, 5) is 12.6. The Kier molecular flexibility index (Phi) is 9.53. The molecule has 180 valence electrons. The molecule has 0 aliphatic carbocycles. The van der Waals surface area contributed by atoms with Crippen LogP contribution in [-0.4, -0.2) is 39.4 Å². The SMILES string of the molecule is CS(=O)(=O)N(CC(=O)NCCSCc1c(Cl)cccc1Cl)c1ccccc1Oc1ccccc1. The molecule has 3 aromatic rings. The molecule has 0 atom stereocenters. The Bertz CT molecular complexity index is 1200. The lowest BCUT2D eigenvalue weighted by atomic mass is 10.2. The van der Waals surface area contributed by atoms with Gasteiger partial charge in [0.2, 0.25) is 15.9 Å². The highest BCUT2D eigenvalue weighted by molar-refractivity contribution is 7.98. The molecule has 10 heteroatoms. The number of para-hydroxylation sites is 3. The van der Waals surface area contributed by atoms with Crippen molar-refractivity contribution in [1.29, 1.82) is 0 Å². The second-order valence-corrected chi connectivity index (χ2v) is 11.1. The van der Waals surface area contributed by atoms with Crippen LogP contribution in [0.5, 0.6) is 11.5 Å². The first-order chi connectivity index (χ1) is 16.3. The van der Waals surface area contributed by atoms with E-state index in [9.17, 15) is 13.2 Å². The van der Waals surface area contributed by atoms with Gasteiger partial charge in [0.1, 0.15) is 12.3 Å². The summed E-state index contributed by atoms with van der Waals surface area (Å²) in [5.41, 5.74) is 1.13. The summed E-state index contributed by atoms with van der Waals surface area (Å²) in [5, 5.41) is 3.97. The molecule has 3 rings (SSSR count). The molecule has 0 radical (unpaired) electrons. The molecule has 1 N–H and O–H groups in total. The molecule has 34 heavy (non-hydrogen) atoms. The summed E-state index contributed by atoms with van der Waals surface area (Å²) in [6, 6.07) is 21.1. The molecular formula is C24H24Cl2N2O4S2. The second kappa shape index (κ2) is 12.4. The maximum absolute atomic E-state index is 12.6. The third-order valence-corrected chi connectivity index (χ3v) is 7.49. The first-order valence-corrected chi connectivity index (χ1v) is 14.1. The number of anilines is 1. The summed E-state index contributed by atoms with van der Waals surface area (Å²) in [6.45, 7) is 0.000338. The zero-order valence-electron chi connectivity index (χ0n) is 18.4. The van der Waals surface area contributed by atoms with Gasteiger partial charge >= 0.3 is 0 Å². The van der Waals surface area contributed by atoms with Crippen molar-refractivity contribution in [3.63, 3.8) is 0 Å². The minimum atomic E-state index is -3.75. The van der Waals surface area contributed by atoms with Gasteiger partial charge in [-0.05, 0) is 42.0 Å². The second-order valence-electron chi connectivity index (χ2n) is 7.26. The number of carbonyl (C=O) groups excluding carboxylic acids is 1. The molecule has 0 fully saturated rings. The Balaban J connectivity index is 1.60. The van der Waals surface area contributed by atoms with E-state index < -0.39 is 15.9 Å². The van der Waals surface area contributed by atoms with E-state index in [0.717, 1.165) is 16.1 Å². The minimum absolute atomic E-state index is 0.284. The number of amides is 1. The van der Waals surface area contributed by atoms with Crippen LogP contribution >= 0.6 is 35.0 Å². The number of halogens is 2. The molecule has 6 nitrogen and oxygen atoms in total. The number of carbonyl (C=O) groups is 1. The molecule has 0 aromatic heterocycles. The normalized spacial score (nSPS) is 11.1. The number of hydrogen-bond donors (Lipinski definition) is 1. The topological polar surface area (TPSA) is 75.7 Å². The van der Waals surface area contributed by atoms with Gasteiger partial charge in [-0.3, -0.25) is 9.10 Å². The van der Waals surface area contributed by atoms with Crippen LogP contribution in [0.4, 0.5) is 5.69 Å². The molecule has 3 aromatic carbocycles. The molecule has 0 bridgehead atoms. The smallest absolute Gasteiger partial charge is 0.240 e. The van der Waals surface area contributed by atoms with Crippen molar-refractivity contribution >= 4 is 56.6 Å². The molecule has 0 unspecified atom stereocenters. The first-order valence-electron chi connectivity index (χ1n) is 10.3. The maximum atomic E-state index is 12.6. The zero-order valence-corrected chi connectivity index (χ0v) is 21.6. The van der Waals surface area contributed by atoms with E-state index in [4.69, 9.17) is 27.9 Å². The van der Waals surface area contributed by atoms with Crippen molar-refractivity contribution in [2.45, 2.75) is 5.75 Å². The van der Waals surface area contributed by atoms with Gasteiger partial charge in [-0.25, -0.2) is 8.42 Å². The molecule has 0 saturated carbocycles. The van der Waals surface area contributed by atoms with Crippen LogP contribution < -0.4 is 14.4 Å². The van der Waals surface area contributed by atoms with Gasteiger partial charge in [-0.1, -0.05) is 59.6 Å². The van der Waals surface area contributed by atoms with Crippen LogP contribution in [-0.2, 0) is 20.6 Å². The summed E-state index contributed by atoms with van der Waals surface area (Å²) in [6.07, 6.45) is 1.06. The van der Waals surface area contributed by atoms with Gasteiger partial charge in [0.15, 0.2) is 5.75 Å². The van der Waals surface area contributed by atoms with E-state index in [-0.39, 0.29) is 12.2 Å². The number of thioether (sulfide) groups is 1. The standard InChI is InChI=1S/C24H24Cl2N2O4S2/c1-34(30,31)28(22-12-5-6-13-23(22)32-18-8-3-2-4-9-18)16-24(29)27-14-15-33-17-19-20(25)10-7-11-21(19)26/h2-13H,14-17H2,1H3,(H,27,29). The largest absolute Gasteiger partial charge is 0.455 e. The zero-order chi connectivity index (χ0) is 24.6. The van der Waals surface area contributed by atoms with Crippen LogP contribution in [0, 0.1) is 0 Å². The Morgan fingerprint density at radius 1 is 0.971 bits per heavy atom. The third kappa shape index (κ3) is 7.56. The third-order valence-electron chi connectivity index (χ3n) is 4.67.